The molecule has 0 unspecified atom stereocenters. The van der Waals surface area contributed by atoms with E-state index in [1.807, 2.05) is 0 Å². The molecule has 0 amide bonds. The Morgan fingerprint density at radius 2 is 2.33 bits per heavy atom. The Kier molecular flexibility index (Phi) is 2.44. The average Bonchev–Trinajstić information content (AvgIpc) is 1.96. The van der Waals surface area contributed by atoms with Crippen molar-refractivity contribution in [1.29, 1.82) is 0 Å². The number of aromatic amines is 1. The highest BCUT2D eigenvalue weighted by atomic mass is 16.3. The van der Waals surface area contributed by atoms with Gasteiger partial charge in [0.05, 0.1) is 5.56 Å². The number of aromatic nitrogens is 2. The number of nitrogens with one attached hydrogen (secondary N) is 1. The summed E-state index contributed by atoms with van der Waals surface area (Å²) < 4.78 is 0. The molecule has 4 N–H and O–H groups in total. The topological polar surface area (TPSA) is 92.0 Å². The van der Waals surface area contributed by atoms with E-state index in [1.165, 1.54) is 0 Å². The lowest BCUT2D eigenvalue weighted by molar-refractivity contribution is 0.441. The molecule has 0 radical (unpaired) electrons. The van der Waals surface area contributed by atoms with Crippen LogP contribution < -0.4 is 11.3 Å². The van der Waals surface area contributed by atoms with Crippen molar-refractivity contribution in [2.24, 2.45) is 5.73 Å². The van der Waals surface area contributed by atoms with Crippen LogP contribution in [0.4, 0.5) is 0 Å². The lowest BCUT2D eigenvalue weighted by Gasteiger charge is -2.00. The van der Waals surface area contributed by atoms with Crippen LogP contribution in [0.15, 0.2) is 4.79 Å². The van der Waals surface area contributed by atoms with E-state index >= 15 is 0 Å². The second-order valence-corrected chi connectivity index (χ2v) is 2.49. The Morgan fingerprint density at radius 1 is 1.67 bits per heavy atom. The van der Waals surface area contributed by atoms with Crippen LogP contribution in [0.1, 0.15) is 11.4 Å². The minimum atomic E-state index is -0.314. The van der Waals surface area contributed by atoms with Gasteiger partial charge >= 0.3 is 0 Å². The first-order valence-electron chi connectivity index (χ1n) is 3.64. The highest BCUT2D eigenvalue weighted by Gasteiger charge is 2.06. The van der Waals surface area contributed by atoms with E-state index < -0.39 is 0 Å². The van der Waals surface area contributed by atoms with Crippen LogP contribution in [0, 0.1) is 6.92 Å². The first-order chi connectivity index (χ1) is 5.65. The lowest BCUT2D eigenvalue weighted by atomic mass is 10.2. The number of aryl methyl sites for hydroxylation is 1. The van der Waals surface area contributed by atoms with Gasteiger partial charge in [-0.15, -0.1) is 0 Å². The van der Waals surface area contributed by atoms with Crippen LogP contribution >= 0.6 is 0 Å². The molecule has 12 heavy (non-hydrogen) atoms. The lowest BCUT2D eigenvalue weighted by Crippen LogP contribution is -2.18. The van der Waals surface area contributed by atoms with E-state index in [2.05, 4.69) is 9.97 Å². The van der Waals surface area contributed by atoms with Gasteiger partial charge in [0, 0.05) is 0 Å². The van der Waals surface area contributed by atoms with Crippen LogP contribution in [0.3, 0.4) is 0 Å². The maximum Gasteiger partial charge on any atom is 0.257 e. The van der Waals surface area contributed by atoms with Gasteiger partial charge in [-0.3, -0.25) is 4.79 Å². The van der Waals surface area contributed by atoms with Gasteiger partial charge in [0.1, 0.15) is 5.82 Å². The SMILES string of the molecule is Cc1nc(O)c(CCN)c(=O)[nH]1. The van der Waals surface area contributed by atoms with Crippen molar-refractivity contribution in [2.75, 3.05) is 6.54 Å². The molecule has 0 bridgehead atoms. The normalized spacial score (nSPS) is 10.2. The molecule has 5 heteroatoms. The number of nitrogens with two attached hydrogens (primary N) is 1. The fraction of sp³-hybridized carbons (Fsp3) is 0.429. The maximum absolute atomic E-state index is 11.1. The van der Waals surface area contributed by atoms with Crippen molar-refractivity contribution >= 4 is 0 Å². The molecule has 0 aliphatic heterocycles. The Balaban J connectivity index is 3.19. The molecule has 1 heterocycles. The van der Waals surface area contributed by atoms with Gasteiger partial charge in [-0.1, -0.05) is 0 Å². The van der Waals surface area contributed by atoms with Crippen molar-refractivity contribution in [3.05, 3.63) is 21.7 Å². The van der Waals surface area contributed by atoms with Crippen molar-refractivity contribution < 1.29 is 5.11 Å². The van der Waals surface area contributed by atoms with E-state index in [0.717, 1.165) is 0 Å². The zero-order valence-electron chi connectivity index (χ0n) is 6.79. The Hall–Kier alpha value is -1.36. The largest absolute Gasteiger partial charge is 0.493 e. The van der Waals surface area contributed by atoms with Gasteiger partial charge in [-0.05, 0) is 19.9 Å². The number of nitrogens with zero attached hydrogens (tertiary/aromatic N) is 1. The number of rotatable bonds is 2. The second kappa shape index (κ2) is 3.36. The van der Waals surface area contributed by atoms with Gasteiger partial charge in [0.25, 0.3) is 5.56 Å². The van der Waals surface area contributed by atoms with Crippen LogP contribution in [-0.4, -0.2) is 21.6 Å². The summed E-state index contributed by atoms with van der Waals surface area (Å²) in [6.45, 7) is 1.93. The van der Waals surface area contributed by atoms with E-state index in [4.69, 9.17) is 5.73 Å². The van der Waals surface area contributed by atoms with Crippen LogP contribution in [0.2, 0.25) is 0 Å². The van der Waals surface area contributed by atoms with E-state index in [0.29, 0.717) is 18.8 Å². The summed E-state index contributed by atoms with van der Waals surface area (Å²) in [5.74, 6) is 0.181. The summed E-state index contributed by atoms with van der Waals surface area (Å²) in [7, 11) is 0. The molecule has 1 rings (SSSR count). The number of aromatic hydroxyl groups is 1. The van der Waals surface area contributed by atoms with E-state index in [-0.39, 0.29) is 17.0 Å². The molecule has 0 atom stereocenters. The van der Waals surface area contributed by atoms with E-state index in [1.54, 1.807) is 6.92 Å². The van der Waals surface area contributed by atoms with Crippen LogP contribution in [0.25, 0.3) is 0 Å². The Labute approximate surface area is 69.3 Å². The summed E-state index contributed by atoms with van der Waals surface area (Å²) in [4.78, 5) is 17.3. The third-order valence-corrected chi connectivity index (χ3v) is 1.51. The zero-order chi connectivity index (χ0) is 9.14. The molecule has 66 valence electrons. The highest BCUT2D eigenvalue weighted by molar-refractivity contribution is 5.22. The zero-order valence-corrected chi connectivity index (χ0v) is 6.79. The summed E-state index contributed by atoms with van der Waals surface area (Å²) in [5, 5.41) is 9.22. The van der Waals surface area contributed by atoms with Crippen molar-refractivity contribution in [1.82, 2.24) is 9.97 Å². The third-order valence-electron chi connectivity index (χ3n) is 1.51. The molecular weight excluding hydrogens is 158 g/mol. The van der Waals surface area contributed by atoms with Crippen molar-refractivity contribution in [2.45, 2.75) is 13.3 Å². The number of hydrogen-bond acceptors (Lipinski definition) is 4. The first kappa shape index (κ1) is 8.73. The predicted molar refractivity (Wildman–Crippen MR) is 44.0 cm³/mol. The monoisotopic (exact) mass is 169 g/mol. The van der Waals surface area contributed by atoms with Crippen molar-refractivity contribution in [3.8, 4) is 5.88 Å². The molecule has 0 spiro atoms. The molecular formula is C7H11N3O2. The Bertz CT molecular complexity index is 332. The molecule has 1 aromatic heterocycles. The molecule has 5 nitrogen and oxygen atoms in total. The number of H-pyrrole nitrogens is 1. The highest BCUT2D eigenvalue weighted by Crippen LogP contribution is 2.07. The summed E-state index contributed by atoms with van der Waals surface area (Å²) in [6, 6.07) is 0. The van der Waals surface area contributed by atoms with Gasteiger partial charge in [0.2, 0.25) is 5.88 Å². The molecule has 0 aromatic carbocycles. The van der Waals surface area contributed by atoms with Gasteiger partial charge in [-0.2, -0.15) is 0 Å². The molecule has 1 aromatic rings. The van der Waals surface area contributed by atoms with Crippen LogP contribution in [0.5, 0.6) is 5.88 Å². The summed E-state index contributed by atoms with van der Waals surface area (Å²) in [6.07, 6.45) is 0.342. The smallest absolute Gasteiger partial charge is 0.257 e. The summed E-state index contributed by atoms with van der Waals surface area (Å²) in [5.41, 5.74) is 5.18. The van der Waals surface area contributed by atoms with Crippen molar-refractivity contribution in [3.63, 3.8) is 0 Å². The molecule has 0 aliphatic rings. The fourth-order valence-corrected chi connectivity index (χ4v) is 0.965. The van der Waals surface area contributed by atoms with E-state index in [9.17, 15) is 9.90 Å². The summed E-state index contributed by atoms with van der Waals surface area (Å²) >= 11 is 0. The average molecular weight is 169 g/mol. The Morgan fingerprint density at radius 3 is 2.83 bits per heavy atom. The third kappa shape index (κ3) is 1.62. The van der Waals surface area contributed by atoms with Gasteiger partial charge in [-0.25, -0.2) is 4.98 Å². The predicted octanol–water partition coefficient (Wildman–Crippen LogP) is -0.715. The molecule has 0 aliphatic carbocycles. The minimum absolute atomic E-state index is 0.221. The molecule has 0 saturated carbocycles. The second-order valence-electron chi connectivity index (χ2n) is 2.49. The molecule has 0 fully saturated rings. The first-order valence-corrected chi connectivity index (χ1v) is 3.64. The maximum atomic E-state index is 11.1. The minimum Gasteiger partial charge on any atom is -0.493 e. The van der Waals surface area contributed by atoms with Gasteiger partial charge in [0.15, 0.2) is 0 Å². The number of hydrogen-bond donors (Lipinski definition) is 3. The van der Waals surface area contributed by atoms with Gasteiger partial charge < -0.3 is 15.8 Å². The van der Waals surface area contributed by atoms with Crippen LogP contribution in [-0.2, 0) is 6.42 Å². The molecule has 0 saturated heterocycles. The quantitative estimate of drug-likeness (QED) is 0.545. The standard InChI is InChI=1S/C7H11N3O2/c1-4-9-6(11)5(2-3-8)7(12)10-4/h2-3,8H2,1H3,(H2,9,10,11,12). The fourth-order valence-electron chi connectivity index (χ4n) is 0.965.